The van der Waals surface area contributed by atoms with E-state index in [1.54, 1.807) is 24.3 Å². The molecule has 0 fully saturated rings. The van der Waals surface area contributed by atoms with Crippen molar-refractivity contribution in [3.8, 4) is 0 Å². The molecule has 1 aromatic heterocycles. The topological polar surface area (TPSA) is 26.0 Å². The molecule has 0 aliphatic carbocycles. The Labute approximate surface area is 120 Å². The molecule has 0 saturated heterocycles. The Morgan fingerprint density at radius 2 is 1.79 bits per heavy atom. The standard InChI is InChI=1S/C15H9Cl2NO/c16-11-3-1-2-10(8-11)4-7-15-18-13-9-12(17)5-6-14(13)19-15/h1-9H/b7-4+. The van der Waals surface area contributed by atoms with E-state index in [0.29, 0.717) is 15.9 Å². The van der Waals surface area contributed by atoms with Crippen LogP contribution in [-0.4, -0.2) is 4.98 Å². The zero-order valence-corrected chi connectivity index (χ0v) is 11.3. The molecule has 1 heterocycles. The molecule has 94 valence electrons. The zero-order valence-electron chi connectivity index (χ0n) is 9.81. The number of nitrogens with zero attached hydrogens (tertiary/aromatic N) is 1. The van der Waals surface area contributed by atoms with Gasteiger partial charge in [-0.2, -0.15) is 0 Å². The van der Waals surface area contributed by atoms with E-state index in [1.807, 2.05) is 30.3 Å². The van der Waals surface area contributed by atoms with Crippen LogP contribution in [0, 0.1) is 0 Å². The molecular formula is C15H9Cl2NO. The summed E-state index contributed by atoms with van der Waals surface area (Å²) < 4.78 is 5.59. The average molecular weight is 290 g/mol. The number of hydrogen-bond acceptors (Lipinski definition) is 2. The van der Waals surface area contributed by atoms with Crippen molar-refractivity contribution in [2.24, 2.45) is 0 Å². The lowest BCUT2D eigenvalue weighted by Gasteiger charge is -1.92. The van der Waals surface area contributed by atoms with Gasteiger partial charge in [-0.25, -0.2) is 4.98 Å². The van der Waals surface area contributed by atoms with Gasteiger partial charge in [0.15, 0.2) is 5.58 Å². The van der Waals surface area contributed by atoms with Gasteiger partial charge in [0.05, 0.1) is 0 Å². The average Bonchev–Trinajstić information content (AvgIpc) is 2.78. The van der Waals surface area contributed by atoms with Gasteiger partial charge in [-0.05, 0) is 42.0 Å². The summed E-state index contributed by atoms with van der Waals surface area (Å²) in [6, 6.07) is 12.9. The molecule has 0 unspecified atom stereocenters. The van der Waals surface area contributed by atoms with Crippen LogP contribution in [0.4, 0.5) is 0 Å². The molecule has 4 heteroatoms. The van der Waals surface area contributed by atoms with E-state index in [4.69, 9.17) is 27.6 Å². The van der Waals surface area contributed by atoms with E-state index in [1.165, 1.54) is 0 Å². The number of benzene rings is 2. The SMILES string of the molecule is Clc1cccc(/C=C/c2nc3cc(Cl)ccc3o2)c1. The molecule has 0 radical (unpaired) electrons. The maximum atomic E-state index is 5.92. The van der Waals surface area contributed by atoms with Crippen molar-refractivity contribution in [2.75, 3.05) is 0 Å². The molecule has 2 nitrogen and oxygen atoms in total. The minimum Gasteiger partial charge on any atom is -0.437 e. The van der Waals surface area contributed by atoms with E-state index >= 15 is 0 Å². The van der Waals surface area contributed by atoms with Gasteiger partial charge in [-0.15, -0.1) is 0 Å². The fourth-order valence-electron chi connectivity index (χ4n) is 1.77. The van der Waals surface area contributed by atoms with Crippen molar-refractivity contribution >= 4 is 46.5 Å². The highest BCUT2D eigenvalue weighted by atomic mass is 35.5. The fraction of sp³-hybridized carbons (Fsp3) is 0. The number of oxazole rings is 1. The number of fused-ring (bicyclic) bond motifs is 1. The summed E-state index contributed by atoms with van der Waals surface area (Å²) in [6.45, 7) is 0. The van der Waals surface area contributed by atoms with Crippen molar-refractivity contribution in [1.82, 2.24) is 4.98 Å². The quantitative estimate of drug-likeness (QED) is 0.639. The van der Waals surface area contributed by atoms with Gasteiger partial charge in [0, 0.05) is 16.1 Å². The molecule has 3 rings (SSSR count). The second kappa shape index (κ2) is 5.08. The molecular weight excluding hydrogens is 281 g/mol. The number of rotatable bonds is 2. The monoisotopic (exact) mass is 289 g/mol. The molecule has 0 amide bonds. The van der Waals surface area contributed by atoms with Gasteiger partial charge >= 0.3 is 0 Å². The smallest absolute Gasteiger partial charge is 0.220 e. The molecule has 0 N–H and O–H groups in total. The highest BCUT2D eigenvalue weighted by Gasteiger charge is 2.03. The molecule has 0 bridgehead atoms. The summed E-state index contributed by atoms with van der Waals surface area (Å²) in [5.74, 6) is 0.539. The van der Waals surface area contributed by atoms with Crippen LogP contribution in [0.2, 0.25) is 10.0 Å². The maximum Gasteiger partial charge on any atom is 0.220 e. The van der Waals surface area contributed by atoms with Gasteiger partial charge in [-0.3, -0.25) is 0 Å². The van der Waals surface area contributed by atoms with E-state index in [0.717, 1.165) is 16.7 Å². The summed E-state index contributed by atoms with van der Waals surface area (Å²) in [5, 5.41) is 1.35. The van der Waals surface area contributed by atoms with Gasteiger partial charge in [-0.1, -0.05) is 35.3 Å². The van der Waals surface area contributed by atoms with E-state index in [-0.39, 0.29) is 0 Å². The Balaban J connectivity index is 1.92. The lowest BCUT2D eigenvalue weighted by Crippen LogP contribution is -1.72. The Kier molecular flexibility index (Phi) is 3.28. The first-order valence-corrected chi connectivity index (χ1v) is 6.46. The van der Waals surface area contributed by atoms with Crippen LogP contribution in [0.25, 0.3) is 23.3 Å². The predicted molar refractivity (Wildman–Crippen MR) is 79.4 cm³/mol. The van der Waals surface area contributed by atoms with Gasteiger partial charge < -0.3 is 4.42 Å². The van der Waals surface area contributed by atoms with Crippen molar-refractivity contribution in [1.29, 1.82) is 0 Å². The van der Waals surface area contributed by atoms with Crippen LogP contribution in [0.3, 0.4) is 0 Å². The first-order chi connectivity index (χ1) is 9.20. The molecule has 2 aromatic carbocycles. The van der Waals surface area contributed by atoms with Crippen LogP contribution in [0.5, 0.6) is 0 Å². The molecule has 19 heavy (non-hydrogen) atoms. The highest BCUT2D eigenvalue weighted by molar-refractivity contribution is 6.31. The van der Waals surface area contributed by atoms with Gasteiger partial charge in [0.1, 0.15) is 5.52 Å². The van der Waals surface area contributed by atoms with Crippen molar-refractivity contribution in [3.05, 3.63) is 64.0 Å². The third kappa shape index (κ3) is 2.80. The summed E-state index contributed by atoms with van der Waals surface area (Å²) >= 11 is 11.8. The lowest BCUT2D eigenvalue weighted by molar-refractivity contribution is 0.590. The highest BCUT2D eigenvalue weighted by Crippen LogP contribution is 2.21. The maximum absolute atomic E-state index is 5.92. The van der Waals surface area contributed by atoms with E-state index < -0.39 is 0 Å². The van der Waals surface area contributed by atoms with Crippen LogP contribution in [-0.2, 0) is 0 Å². The second-order valence-electron chi connectivity index (χ2n) is 4.05. The Morgan fingerprint density at radius 1 is 0.947 bits per heavy atom. The van der Waals surface area contributed by atoms with E-state index in [9.17, 15) is 0 Å². The zero-order chi connectivity index (χ0) is 13.2. The largest absolute Gasteiger partial charge is 0.437 e. The summed E-state index contributed by atoms with van der Waals surface area (Å²) in [4.78, 5) is 4.34. The first kappa shape index (κ1) is 12.3. The number of halogens is 2. The summed E-state index contributed by atoms with van der Waals surface area (Å²) in [5.41, 5.74) is 2.46. The fourth-order valence-corrected chi connectivity index (χ4v) is 2.13. The van der Waals surface area contributed by atoms with Crippen LogP contribution >= 0.6 is 23.2 Å². The minimum atomic E-state index is 0.539. The minimum absolute atomic E-state index is 0.539. The first-order valence-electron chi connectivity index (χ1n) is 5.70. The van der Waals surface area contributed by atoms with Gasteiger partial charge in [0.2, 0.25) is 5.89 Å². The number of hydrogen-bond donors (Lipinski definition) is 0. The molecule has 0 aliphatic rings. The third-order valence-corrected chi connectivity index (χ3v) is 3.10. The molecule has 0 spiro atoms. The molecule has 3 aromatic rings. The summed E-state index contributed by atoms with van der Waals surface area (Å²) in [7, 11) is 0. The molecule has 0 atom stereocenters. The van der Waals surface area contributed by atoms with Crippen molar-refractivity contribution < 1.29 is 4.42 Å². The lowest BCUT2D eigenvalue weighted by atomic mass is 10.2. The van der Waals surface area contributed by atoms with E-state index in [2.05, 4.69) is 4.98 Å². The second-order valence-corrected chi connectivity index (χ2v) is 4.93. The Hall–Kier alpha value is -1.77. The molecule has 0 saturated carbocycles. The number of aromatic nitrogens is 1. The van der Waals surface area contributed by atoms with Crippen molar-refractivity contribution in [2.45, 2.75) is 0 Å². The van der Waals surface area contributed by atoms with Crippen LogP contribution < -0.4 is 0 Å². The predicted octanol–water partition coefficient (Wildman–Crippen LogP) is 5.31. The summed E-state index contributed by atoms with van der Waals surface area (Å²) in [6.07, 6.45) is 3.71. The van der Waals surface area contributed by atoms with Crippen LogP contribution in [0.1, 0.15) is 11.5 Å². The Bertz CT molecular complexity index is 762. The third-order valence-electron chi connectivity index (χ3n) is 2.63. The van der Waals surface area contributed by atoms with Gasteiger partial charge in [0.25, 0.3) is 0 Å². The Morgan fingerprint density at radius 3 is 2.63 bits per heavy atom. The molecule has 0 aliphatic heterocycles. The normalized spacial score (nSPS) is 11.5. The van der Waals surface area contributed by atoms with Crippen LogP contribution in [0.15, 0.2) is 46.9 Å². The van der Waals surface area contributed by atoms with Crippen molar-refractivity contribution in [3.63, 3.8) is 0 Å².